The van der Waals surface area contributed by atoms with E-state index in [9.17, 15) is 0 Å². The lowest BCUT2D eigenvalue weighted by Crippen LogP contribution is -1.88. The molecular formula is C9H6Cl2N2S. The van der Waals surface area contributed by atoms with Gasteiger partial charge in [0.15, 0.2) is 5.13 Å². The first-order valence-electron chi connectivity index (χ1n) is 3.87. The zero-order valence-electron chi connectivity index (χ0n) is 7.00. The van der Waals surface area contributed by atoms with Crippen molar-refractivity contribution in [3.05, 3.63) is 39.8 Å². The molecule has 0 bridgehead atoms. The van der Waals surface area contributed by atoms with E-state index in [-0.39, 0.29) is 0 Å². The maximum Gasteiger partial charge on any atom is 0.187 e. The number of aromatic nitrogens is 1. The number of hydrogen-bond donors (Lipinski definition) is 1. The molecule has 0 atom stereocenters. The van der Waals surface area contributed by atoms with Crippen LogP contribution < -0.4 is 5.32 Å². The predicted molar refractivity (Wildman–Crippen MR) is 61.9 cm³/mol. The third-order valence-electron chi connectivity index (χ3n) is 1.60. The fourth-order valence-electron chi connectivity index (χ4n) is 0.983. The molecule has 5 heteroatoms. The lowest BCUT2D eigenvalue weighted by molar-refractivity contribution is 1.39. The third-order valence-corrected chi connectivity index (χ3v) is 3.03. The highest BCUT2D eigenvalue weighted by Crippen LogP contribution is 2.27. The van der Waals surface area contributed by atoms with Gasteiger partial charge in [-0.15, -0.1) is 11.3 Å². The van der Waals surface area contributed by atoms with Crippen molar-refractivity contribution in [3.8, 4) is 0 Å². The van der Waals surface area contributed by atoms with Crippen LogP contribution in [-0.2, 0) is 0 Å². The first-order valence-corrected chi connectivity index (χ1v) is 5.51. The summed E-state index contributed by atoms with van der Waals surface area (Å²) in [6.45, 7) is 0. The number of benzene rings is 1. The Morgan fingerprint density at radius 2 is 2.07 bits per heavy atom. The highest BCUT2D eigenvalue weighted by Gasteiger charge is 2.00. The van der Waals surface area contributed by atoms with E-state index in [2.05, 4.69) is 10.3 Å². The molecule has 0 unspecified atom stereocenters. The molecule has 0 fully saturated rings. The molecule has 2 aromatic rings. The van der Waals surface area contributed by atoms with E-state index < -0.39 is 0 Å². The second kappa shape index (κ2) is 4.17. The molecule has 2 nitrogen and oxygen atoms in total. The molecule has 1 aromatic carbocycles. The Kier molecular flexibility index (Phi) is 2.91. The molecule has 2 rings (SSSR count). The first kappa shape index (κ1) is 9.77. The number of nitrogens with zero attached hydrogens (tertiary/aromatic N) is 1. The summed E-state index contributed by atoms with van der Waals surface area (Å²) in [5.74, 6) is 0. The predicted octanol–water partition coefficient (Wildman–Crippen LogP) is 4.19. The van der Waals surface area contributed by atoms with Gasteiger partial charge in [0.05, 0.1) is 10.0 Å². The quantitative estimate of drug-likeness (QED) is 0.857. The standard InChI is InChI=1S/C9H6Cl2N2S/c10-7-2-1-6(5-8(7)11)13-9-12-3-4-14-9/h1-5H,(H,12,13). The number of nitrogens with one attached hydrogen (secondary N) is 1. The Morgan fingerprint density at radius 1 is 1.21 bits per heavy atom. The van der Waals surface area contributed by atoms with E-state index in [0.717, 1.165) is 10.8 Å². The van der Waals surface area contributed by atoms with Gasteiger partial charge in [0.25, 0.3) is 0 Å². The molecule has 0 saturated carbocycles. The minimum Gasteiger partial charge on any atom is -0.332 e. The minimum atomic E-state index is 0.535. The monoisotopic (exact) mass is 244 g/mol. The van der Waals surface area contributed by atoms with Crippen LogP contribution in [0, 0.1) is 0 Å². The van der Waals surface area contributed by atoms with Crippen LogP contribution in [0.15, 0.2) is 29.8 Å². The van der Waals surface area contributed by atoms with Crippen molar-refractivity contribution < 1.29 is 0 Å². The van der Waals surface area contributed by atoms with Crippen molar-refractivity contribution in [3.63, 3.8) is 0 Å². The summed E-state index contributed by atoms with van der Waals surface area (Å²) >= 11 is 13.2. The first-order chi connectivity index (χ1) is 6.75. The maximum absolute atomic E-state index is 5.87. The molecular weight excluding hydrogens is 239 g/mol. The zero-order chi connectivity index (χ0) is 9.97. The number of rotatable bonds is 2. The second-order valence-electron chi connectivity index (χ2n) is 2.59. The average molecular weight is 245 g/mol. The summed E-state index contributed by atoms with van der Waals surface area (Å²) in [6.07, 6.45) is 1.74. The summed E-state index contributed by atoms with van der Waals surface area (Å²) in [5, 5.41) is 6.94. The Bertz CT molecular complexity index is 428. The zero-order valence-corrected chi connectivity index (χ0v) is 9.33. The van der Waals surface area contributed by atoms with Gasteiger partial charge in [-0.2, -0.15) is 0 Å². The molecule has 1 heterocycles. The van der Waals surface area contributed by atoms with Crippen LogP contribution in [0.1, 0.15) is 0 Å². The van der Waals surface area contributed by atoms with Gasteiger partial charge in [0, 0.05) is 17.3 Å². The van der Waals surface area contributed by atoms with Crippen molar-refractivity contribution in [1.29, 1.82) is 0 Å². The van der Waals surface area contributed by atoms with Crippen molar-refractivity contribution in [2.45, 2.75) is 0 Å². The van der Waals surface area contributed by atoms with E-state index in [0.29, 0.717) is 10.0 Å². The number of hydrogen-bond acceptors (Lipinski definition) is 3. The SMILES string of the molecule is Clc1ccc(Nc2nccs2)cc1Cl. The maximum atomic E-state index is 5.87. The van der Waals surface area contributed by atoms with E-state index in [1.54, 1.807) is 18.3 Å². The summed E-state index contributed by atoms with van der Waals surface area (Å²) in [5.41, 5.74) is 0.884. The summed E-state index contributed by atoms with van der Waals surface area (Å²) in [4.78, 5) is 4.09. The molecule has 0 amide bonds. The molecule has 14 heavy (non-hydrogen) atoms. The van der Waals surface area contributed by atoms with Crippen molar-refractivity contribution in [2.75, 3.05) is 5.32 Å². The van der Waals surface area contributed by atoms with E-state index >= 15 is 0 Å². The van der Waals surface area contributed by atoms with Crippen LogP contribution in [0.4, 0.5) is 10.8 Å². The van der Waals surface area contributed by atoms with Crippen molar-refractivity contribution >= 4 is 45.4 Å². The van der Waals surface area contributed by atoms with Crippen LogP contribution in [0.5, 0.6) is 0 Å². The molecule has 0 aliphatic rings. The summed E-state index contributed by atoms with van der Waals surface area (Å²) < 4.78 is 0. The van der Waals surface area contributed by atoms with Gasteiger partial charge < -0.3 is 5.32 Å². The second-order valence-corrected chi connectivity index (χ2v) is 4.30. The number of anilines is 2. The van der Waals surface area contributed by atoms with E-state index in [1.165, 1.54) is 11.3 Å². The van der Waals surface area contributed by atoms with Crippen molar-refractivity contribution in [2.24, 2.45) is 0 Å². The highest BCUT2D eigenvalue weighted by atomic mass is 35.5. The molecule has 0 aliphatic heterocycles. The molecule has 0 spiro atoms. The average Bonchev–Trinajstić information content (AvgIpc) is 2.64. The van der Waals surface area contributed by atoms with Gasteiger partial charge in [-0.25, -0.2) is 4.98 Å². The molecule has 1 N–H and O–H groups in total. The van der Waals surface area contributed by atoms with Gasteiger partial charge in [0.1, 0.15) is 0 Å². The van der Waals surface area contributed by atoms with Crippen LogP contribution in [0.3, 0.4) is 0 Å². The Hall–Kier alpha value is -0.770. The Labute approximate surface area is 95.5 Å². The topological polar surface area (TPSA) is 24.9 Å². The third kappa shape index (κ3) is 2.18. The Balaban J connectivity index is 2.22. The lowest BCUT2D eigenvalue weighted by Gasteiger charge is -2.03. The summed E-state index contributed by atoms with van der Waals surface area (Å²) in [6, 6.07) is 5.38. The smallest absolute Gasteiger partial charge is 0.187 e. The molecule has 0 saturated heterocycles. The fraction of sp³-hybridized carbons (Fsp3) is 0. The largest absolute Gasteiger partial charge is 0.332 e. The van der Waals surface area contributed by atoms with Crippen LogP contribution >= 0.6 is 34.5 Å². The normalized spacial score (nSPS) is 10.1. The van der Waals surface area contributed by atoms with Gasteiger partial charge >= 0.3 is 0 Å². The molecule has 72 valence electrons. The van der Waals surface area contributed by atoms with E-state index in [1.807, 2.05) is 11.4 Å². The van der Waals surface area contributed by atoms with Gasteiger partial charge in [-0.1, -0.05) is 23.2 Å². The van der Waals surface area contributed by atoms with Gasteiger partial charge in [-0.05, 0) is 18.2 Å². The van der Waals surface area contributed by atoms with Crippen LogP contribution in [0.25, 0.3) is 0 Å². The van der Waals surface area contributed by atoms with E-state index in [4.69, 9.17) is 23.2 Å². The number of halogens is 2. The Morgan fingerprint density at radius 3 is 2.71 bits per heavy atom. The van der Waals surface area contributed by atoms with Gasteiger partial charge in [0.2, 0.25) is 0 Å². The molecule has 0 aliphatic carbocycles. The fourth-order valence-corrected chi connectivity index (χ4v) is 1.83. The van der Waals surface area contributed by atoms with Crippen LogP contribution in [-0.4, -0.2) is 4.98 Å². The highest BCUT2D eigenvalue weighted by molar-refractivity contribution is 7.13. The minimum absolute atomic E-state index is 0.535. The van der Waals surface area contributed by atoms with Gasteiger partial charge in [-0.3, -0.25) is 0 Å². The summed E-state index contributed by atoms with van der Waals surface area (Å²) in [7, 11) is 0. The van der Waals surface area contributed by atoms with Crippen LogP contribution in [0.2, 0.25) is 10.0 Å². The molecule has 0 radical (unpaired) electrons. The molecule has 1 aromatic heterocycles. The number of thiazole rings is 1. The van der Waals surface area contributed by atoms with Crippen molar-refractivity contribution in [1.82, 2.24) is 4.98 Å². The lowest BCUT2D eigenvalue weighted by atomic mass is 10.3.